The van der Waals surface area contributed by atoms with Gasteiger partial charge in [-0.25, -0.2) is 0 Å². The monoisotopic (exact) mass is 1050 g/mol. The van der Waals surface area contributed by atoms with E-state index in [0.717, 1.165) is 11.1 Å². The number of ether oxygens (including phenoxy) is 6. The molecule has 4 atom stereocenters. The third-order valence-corrected chi connectivity index (χ3v) is 18.8. The van der Waals surface area contributed by atoms with E-state index < -0.39 is 62.0 Å². The maximum absolute atomic E-state index is 14.4. The first-order chi connectivity index (χ1) is 34.4. The number of methoxy groups -OCH3 is 4. The molecule has 0 saturated carbocycles. The lowest BCUT2D eigenvalue weighted by Crippen LogP contribution is -2.46. The van der Waals surface area contributed by atoms with Gasteiger partial charge in [-0.3, -0.25) is 18.7 Å². The highest BCUT2D eigenvalue weighted by Crippen LogP contribution is 2.48. The molecule has 23 heteroatoms. The Hall–Kier alpha value is -6.29. The highest BCUT2D eigenvalue weighted by atomic mass is 32.2. The summed E-state index contributed by atoms with van der Waals surface area (Å²) in [6.07, 6.45) is 5.04. The van der Waals surface area contributed by atoms with Crippen molar-refractivity contribution in [3.8, 4) is 34.5 Å². The molecule has 0 saturated heterocycles. The number of benzene rings is 4. The van der Waals surface area contributed by atoms with Crippen molar-refractivity contribution in [3.05, 3.63) is 107 Å². The summed E-state index contributed by atoms with van der Waals surface area (Å²) in [5.74, 6) is 0.916. The van der Waals surface area contributed by atoms with E-state index in [0.29, 0.717) is 41.9 Å². The van der Waals surface area contributed by atoms with Crippen molar-refractivity contribution in [2.75, 3.05) is 77.4 Å². The topological polar surface area (TPSA) is 266 Å². The van der Waals surface area contributed by atoms with Crippen molar-refractivity contribution < 1.29 is 73.6 Å². The first kappa shape index (κ1) is 52.0. The fourth-order valence-electron chi connectivity index (χ4n) is 9.54. The summed E-state index contributed by atoms with van der Waals surface area (Å²) < 4.78 is 121. The minimum absolute atomic E-state index is 0.0482. The molecule has 0 radical (unpaired) electrons. The number of aliphatic hydroxyl groups excluding tert-OH is 1. The lowest BCUT2D eigenvalue weighted by Gasteiger charge is -2.26. The highest BCUT2D eigenvalue weighted by Gasteiger charge is 2.47. The summed E-state index contributed by atoms with van der Waals surface area (Å²) in [5, 5.41) is 12.2. The lowest BCUT2D eigenvalue weighted by molar-refractivity contribution is 0.0782. The lowest BCUT2D eigenvalue weighted by atomic mass is 10.0. The number of rotatable bonds is 21. The second-order valence-corrected chi connectivity index (χ2v) is 24.2. The van der Waals surface area contributed by atoms with Gasteiger partial charge in [0.2, 0.25) is 0 Å². The summed E-state index contributed by atoms with van der Waals surface area (Å²) >= 11 is 0. The van der Waals surface area contributed by atoms with Crippen LogP contribution < -0.4 is 39.1 Å². The van der Waals surface area contributed by atoms with Gasteiger partial charge < -0.3 is 58.5 Å². The van der Waals surface area contributed by atoms with Gasteiger partial charge in [0, 0.05) is 49.6 Å². The van der Waals surface area contributed by atoms with Gasteiger partial charge >= 0.3 is 0 Å². The fraction of sp³-hybridized carbons (Fsp3) is 0.388. The van der Waals surface area contributed by atoms with Crippen LogP contribution in [0.1, 0.15) is 63.9 Å². The Balaban J connectivity index is 0.922. The molecule has 0 aromatic heterocycles. The molecule has 0 aliphatic carbocycles. The van der Waals surface area contributed by atoms with Crippen molar-refractivity contribution in [1.82, 2.24) is 9.80 Å². The van der Waals surface area contributed by atoms with E-state index in [1.165, 1.54) is 62.5 Å². The van der Waals surface area contributed by atoms with Crippen molar-refractivity contribution >= 4 is 61.7 Å². The zero-order valence-corrected chi connectivity index (χ0v) is 42.5. The molecule has 386 valence electrons. The van der Waals surface area contributed by atoms with E-state index >= 15 is 0 Å². The molecule has 4 aromatic carbocycles. The summed E-state index contributed by atoms with van der Waals surface area (Å²) in [7, 11) is -6.60. The molecule has 2 unspecified atom stereocenters. The van der Waals surface area contributed by atoms with Gasteiger partial charge in [-0.05, 0) is 90.8 Å². The predicted octanol–water partition coefficient (Wildman–Crippen LogP) is 6.49. The average Bonchev–Trinajstić information content (AvgIpc) is 3.96. The van der Waals surface area contributed by atoms with E-state index in [1.54, 1.807) is 60.9 Å². The van der Waals surface area contributed by atoms with Gasteiger partial charge in [0.05, 0.1) is 83.4 Å². The zero-order chi connectivity index (χ0) is 51.5. The Morgan fingerprint density at radius 1 is 0.583 bits per heavy atom. The number of carbonyl (C=O) groups is 2. The van der Waals surface area contributed by atoms with Crippen LogP contribution in [0.4, 0.5) is 11.4 Å². The molecular formula is C49H57N4O16PS2. The van der Waals surface area contributed by atoms with Crippen LogP contribution in [0.25, 0.3) is 11.1 Å². The number of fused-ring (bicyclic) bond motifs is 4. The molecular weight excluding hydrogens is 996 g/mol. The van der Waals surface area contributed by atoms with E-state index in [2.05, 4.69) is 10.6 Å². The number of nitrogens with zero attached hydrogens (tertiary/aromatic N) is 2. The van der Waals surface area contributed by atoms with Crippen molar-refractivity contribution in [2.24, 2.45) is 0 Å². The second kappa shape index (κ2) is 21.4. The molecule has 4 aromatic rings. The number of carbonyl (C=O) groups excluding carboxylic acids is 2. The summed E-state index contributed by atoms with van der Waals surface area (Å²) in [4.78, 5) is 30.8. The van der Waals surface area contributed by atoms with E-state index in [1.807, 2.05) is 0 Å². The summed E-state index contributed by atoms with van der Waals surface area (Å²) in [5.41, 5.74) is 3.25. The van der Waals surface area contributed by atoms with Crippen LogP contribution in [-0.4, -0.2) is 142 Å². The number of anilines is 2. The van der Waals surface area contributed by atoms with Crippen molar-refractivity contribution in [2.45, 2.75) is 54.9 Å². The molecule has 20 nitrogen and oxygen atoms in total. The molecule has 4 heterocycles. The van der Waals surface area contributed by atoms with Gasteiger partial charge in [-0.2, -0.15) is 16.8 Å². The van der Waals surface area contributed by atoms with Crippen LogP contribution in [0.3, 0.4) is 0 Å². The van der Waals surface area contributed by atoms with Crippen LogP contribution in [-0.2, 0) is 24.8 Å². The SMILES string of the molecule is COc1ccc(C2=CN3C(=O)c4cc(OC)c(OCCCP(=O)(CCCO)CCCOc5cc6c(cc5OC)C(=O)N5C=C(c7ccc(OC)cc7)C[C@H]5C(S(=O)(=O)O)N6)cc4NC(S(=O)(=O)O)[C@@H]3C2)cc1. The Morgan fingerprint density at radius 2 is 0.972 bits per heavy atom. The van der Waals surface area contributed by atoms with Crippen molar-refractivity contribution in [3.63, 3.8) is 0 Å². The van der Waals surface area contributed by atoms with Gasteiger partial charge in [0.1, 0.15) is 11.5 Å². The first-order valence-corrected chi connectivity index (χ1v) is 28.3. The van der Waals surface area contributed by atoms with Gasteiger partial charge in [0.25, 0.3) is 32.1 Å². The van der Waals surface area contributed by atoms with Crippen LogP contribution in [0, 0.1) is 0 Å². The normalized spacial score (nSPS) is 20.2. The Bertz CT molecular complexity index is 2840. The van der Waals surface area contributed by atoms with Crippen LogP contribution in [0.5, 0.6) is 34.5 Å². The number of aliphatic hydroxyl groups is 1. The molecule has 5 N–H and O–H groups in total. The van der Waals surface area contributed by atoms with Gasteiger partial charge in [-0.1, -0.05) is 24.3 Å². The molecule has 0 spiro atoms. The Morgan fingerprint density at radius 3 is 1.32 bits per heavy atom. The number of hydrogen-bond donors (Lipinski definition) is 5. The Labute approximate surface area is 417 Å². The summed E-state index contributed by atoms with van der Waals surface area (Å²) in [6, 6.07) is 18.0. The third-order valence-electron chi connectivity index (χ3n) is 13.2. The van der Waals surface area contributed by atoms with Crippen molar-refractivity contribution in [1.29, 1.82) is 0 Å². The second-order valence-electron chi connectivity index (χ2n) is 17.7. The molecule has 4 aliphatic heterocycles. The molecule has 2 amide bonds. The van der Waals surface area contributed by atoms with Crippen LogP contribution in [0.2, 0.25) is 0 Å². The van der Waals surface area contributed by atoms with E-state index in [4.69, 9.17) is 28.4 Å². The zero-order valence-electron chi connectivity index (χ0n) is 40.0. The molecule has 4 aliphatic rings. The van der Waals surface area contributed by atoms with Crippen LogP contribution in [0.15, 0.2) is 85.2 Å². The largest absolute Gasteiger partial charge is 0.497 e. The summed E-state index contributed by atoms with van der Waals surface area (Å²) in [6.45, 7) is -0.0742. The third kappa shape index (κ3) is 11.0. The quantitative estimate of drug-likeness (QED) is 0.0339. The van der Waals surface area contributed by atoms with E-state index in [9.17, 15) is 45.2 Å². The molecule has 0 fully saturated rings. The standard InChI is InChI=1S/C49H57N4O16PS2/c1-64-34-12-8-30(9-13-34)32-22-40-46(71(58,59)60)50-38-26-44(42(66-3)24-36(38)48(55)52(40)28-32)68-17-6-20-70(57,19-5-16-54)21-7-18-69-45-27-39-37(25-43(45)67-4)49(56)53-29-33(31-10-14-35(65-2)15-11-31)23-41(53)47(51-39)72(61,62)63/h8-15,24-29,40-41,46-47,50-51,54H,5-7,16-23H2,1-4H3,(H,58,59,60)(H,61,62,63)/t40-,41-,46?,47?,70?/m0/s1. The minimum Gasteiger partial charge on any atom is -0.497 e. The predicted molar refractivity (Wildman–Crippen MR) is 269 cm³/mol. The molecule has 8 rings (SSSR count). The molecule has 72 heavy (non-hydrogen) atoms. The maximum Gasteiger partial charge on any atom is 0.288 e. The minimum atomic E-state index is -4.76. The van der Waals surface area contributed by atoms with E-state index in [-0.39, 0.29) is 96.6 Å². The Kier molecular flexibility index (Phi) is 15.5. The smallest absolute Gasteiger partial charge is 0.288 e. The number of amides is 2. The highest BCUT2D eigenvalue weighted by molar-refractivity contribution is 7.86. The number of nitrogens with one attached hydrogen (secondary N) is 2. The van der Waals surface area contributed by atoms with Gasteiger partial charge in [-0.15, -0.1) is 0 Å². The van der Waals surface area contributed by atoms with Gasteiger partial charge in [0.15, 0.2) is 33.7 Å². The first-order valence-electron chi connectivity index (χ1n) is 23.1. The average molecular weight is 1050 g/mol. The maximum atomic E-state index is 14.4. The van der Waals surface area contributed by atoms with Crippen LogP contribution >= 0.6 is 7.14 Å². The molecule has 0 bridgehead atoms. The fourth-order valence-corrected chi connectivity index (χ4v) is 14.1. The number of hydrogen-bond acceptors (Lipinski definition) is 16.